The fourth-order valence-electron chi connectivity index (χ4n) is 2.85. The van der Waals surface area contributed by atoms with Gasteiger partial charge in [0.05, 0.1) is 10.3 Å². The summed E-state index contributed by atoms with van der Waals surface area (Å²) in [6.07, 6.45) is 1.59. The molecule has 0 spiro atoms. The van der Waals surface area contributed by atoms with Crippen molar-refractivity contribution in [2.24, 2.45) is 4.99 Å². The van der Waals surface area contributed by atoms with Crippen LogP contribution < -0.4 is 0 Å². The number of nitro benzene ring substituents is 1. The molecule has 1 aliphatic rings. The van der Waals surface area contributed by atoms with Crippen molar-refractivity contribution in [3.63, 3.8) is 0 Å². The zero-order valence-electron chi connectivity index (χ0n) is 13.5. The average Bonchev–Trinajstić information content (AvgIpc) is 3.03. The molecular formula is C20H12N2O4. The van der Waals surface area contributed by atoms with E-state index in [0.29, 0.717) is 21.9 Å². The van der Waals surface area contributed by atoms with Crippen LogP contribution >= 0.6 is 0 Å². The molecule has 6 nitrogen and oxygen atoms in total. The molecule has 0 amide bonds. The summed E-state index contributed by atoms with van der Waals surface area (Å²) in [4.78, 5) is 27.2. The fourth-order valence-corrected chi connectivity index (χ4v) is 2.85. The van der Waals surface area contributed by atoms with Crippen molar-refractivity contribution in [1.29, 1.82) is 0 Å². The Morgan fingerprint density at radius 3 is 2.35 bits per heavy atom. The second-order valence-corrected chi connectivity index (χ2v) is 5.68. The van der Waals surface area contributed by atoms with Crippen LogP contribution in [0.1, 0.15) is 11.1 Å². The van der Waals surface area contributed by atoms with E-state index in [-0.39, 0.29) is 17.3 Å². The number of aliphatic imine (C=N–C) groups is 1. The smallest absolute Gasteiger partial charge is 0.363 e. The van der Waals surface area contributed by atoms with Gasteiger partial charge in [-0.2, -0.15) is 0 Å². The quantitative estimate of drug-likeness (QED) is 0.310. The van der Waals surface area contributed by atoms with E-state index in [0.717, 1.165) is 0 Å². The Labute approximate surface area is 148 Å². The summed E-state index contributed by atoms with van der Waals surface area (Å²) >= 11 is 0. The first kappa shape index (κ1) is 15.7. The molecule has 6 heteroatoms. The van der Waals surface area contributed by atoms with Gasteiger partial charge in [0.25, 0.3) is 5.69 Å². The highest BCUT2D eigenvalue weighted by molar-refractivity contribution is 6.13. The average molecular weight is 344 g/mol. The van der Waals surface area contributed by atoms with Crippen LogP contribution in [0.15, 0.2) is 77.4 Å². The molecule has 0 saturated heterocycles. The molecule has 3 aromatic rings. The number of rotatable bonds is 3. The number of fused-ring (bicyclic) bond motifs is 1. The van der Waals surface area contributed by atoms with E-state index in [4.69, 9.17) is 4.74 Å². The molecule has 3 aromatic carbocycles. The maximum absolute atomic E-state index is 12.2. The summed E-state index contributed by atoms with van der Waals surface area (Å²) in [5.74, 6) is -0.306. The van der Waals surface area contributed by atoms with Crippen molar-refractivity contribution < 1.29 is 14.5 Å². The van der Waals surface area contributed by atoms with E-state index in [9.17, 15) is 14.9 Å². The first-order chi connectivity index (χ1) is 12.6. The zero-order valence-corrected chi connectivity index (χ0v) is 13.5. The van der Waals surface area contributed by atoms with Crippen LogP contribution in [-0.2, 0) is 9.53 Å². The Hall–Kier alpha value is -3.80. The number of nitrogens with zero attached hydrogens (tertiary/aromatic N) is 2. The standard InChI is InChI=1S/C20H12N2O4/c23-20-17(21-19(26-20)13-6-2-1-3-7-13)12-14-10-11-18(22(24)25)16-9-5-4-8-15(14)16/h1-12H/b17-12+. The lowest BCUT2D eigenvalue weighted by molar-refractivity contribution is -0.383. The molecule has 1 aliphatic heterocycles. The third-order valence-electron chi connectivity index (χ3n) is 4.06. The molecule has 0 bridgehead atoms. The summed E-state index contributed by atoms with van der Waals surface area (Å²) in [5, 5.41) is 12.4. The topological polar surface area (TPSA) is 81.8 Å². The highest BCUT2D eigenvalue weighted by Gasteiger charge is 2.24. The summed E-state index contributed by atoms with van der Waals surface area (Å²) < 4.78 is 5.24. The van der Waals surface area contributed by atoms with Gasteiger partial charge in [0.15, 0.2) is 5.70 Å². The van der Waals surface area contributed by atoms with E-state index in [1.54, 1.807) is 48.5 Å². The molecule has 4 rings (SSSR count). The number of esters is 1. The first-order valence-corrected chi connectivity index (χ1v) is 7.87. The monoisotopic (exact) mass is 344 g/mol. The van der Waals surface area contributed by atoms with Crippen LogP contribution in [0.4, 0.5) is 5.69 Å². The number of nitro groups is 1. The summed E-state index contributed by atoms with van der Waals surface area (Å²) in [7, 11) is 0. The molecule has 1 heterocycles. The van der Waals surface area contributed by atoms with Crippen LogP contribution in [-0.4, -0.2) is 16.8 Å². The lowest BCUT2D eigenvalue weighted by Gasteiger charge is -2.03. The molecule has 0 radical (unpaired) electrons. The van der Waals surface area contributed by atoms with Gasteiger partial charge in [-0.05, 0) is 41.3 Å². The van der Waals surface area contributed by atoms with Gasteiger partial charge in [-0.15, -0.1) is 0 Å². The van der Waals surface area contributed by atoms with E-state index in [1.807, 2.05) is 18.2 Å². The minimum atomic E-state index is -0.550. The van der Waals surface area contributed by atoms with Gasteiger partial charge in [-0.25, -0.2) is 9.79 Å². The Bertz CT molecular complexity index is 1100. The summed E-state index contributed by atoms with van der Waals surface area (Å²) in [6, 6.07) is 19.1. The number of non-ortho nitro benzene ring substituents is 1. The van der Waals surface area contributed by atoms with Crippen molar-refractivity contribution in [2.75, 3.05) is 0 Å². The van der Waals surface area contributed by atoms with E-state index >= 15 is 0 Å². The van der Waals surface area contributed by atoms with Gasteiger partial charge in [-0.1, -0.05) is 36.4 Å². The minimum Gasteiger partial charge on any atom is -0.402 e. The minimum absolute atomic E-state index is 0.0187. The highest BCUT2D eigenvalue weighted by atomic mass is 16.6. The molecule has 126 valence electrons. The van der Waals surface area contributed by atoms with Crippen molar-refractivity contribution >= 4 is 34.4 Å². The Balaban J connectivity index is 1.82. The van der Waals surface area contributed by atoms with Gasteiger partial charge in [0, 0.05) is 11.6 Å². The van der Waals surface area contributed by atoms with Crippen molar-refractivity contribution in [2.45, 2.75) is 0 Å². The number of carbonyl (C=O) groups is 1. The molecular weight excluding hydrogens is 332 g/mol. The second-order valence-electron chi connectivity index (χ2n) is 5.68. The normalized spacial score (nSPS) is 15.2. The second kappa shape index (κ2) is 6.25. The third kappa shape index (κ3) is 2.73. The lowest BCUT2D eigenvalue weighted by Crippen LogP contribution is -2.04. The summed E-state index contributed by atoms with van der Waals surface area (Å²) in [5.41, 5.74) is 1.54. The van der Waals surface area contributed by atoms with Crippen LogP contribution in [0.3, 0.4) is 0 Å². The molecule has 0 unspecified atom stereocenters. The fraction of sp³-hybridized carbons (Fsp3) is 0. The molecule has 0 aliphatic carbocycles. The van der Waals surface area contributed by atoms with Gasteiger partial charge in [-0.3, -0.25) is 10.1 Å². The van der Waals surface area contributed by atoms with Gasteiger partial charge in [0.1, 0.15) is 0 Å². The van der Waals surface area contributed by atoms with Crippen LogP contribution in [0, 0.1) is 10.1 Å². The van der Waals surface area contributed by atoms with E-state index < -0.39 is 10.9 Å². The summed E-state index contributed by atoms with van der Waals surface area (Å²) in [6.45, 7) is 0. The van der Waals surface area contributed by atoms with Crippen molar-refractivity contribution in [3.8, 4) is 0 Å². The maximum Gasteiger partial charge on any atom is 0.363 e. The molecule has 0 aromatic heterocycles. The third-order valence-corrected chi connectivity index (χ3v) is 4.06. The van der Waals surface area contributed by atoms with Gasteiger partial charge >= 0.3 is 5.97 Å². The number of hydrogen-bond acceptors (Lipinski definition) is 5. The predicted octanol–water partition coefficient (Wildman–Crippen LogP) is 4.09. The van der Waals surface area contributed by atoms with Gasteiger partial charge in [0.2, 0.25) is 5.90 Å². The largest absolute Gasteiger partial charge is 0.402 e. The Morgan fingerprint density at radius 2 is 1.62 bits per heavy atom. The van der Waals surface area contributed by atoms with Crippen LogP contribution in [0.5, 0.6) is 0 Å². The number of hydrogen-bond donors (Lipinski definition) is 0. The van der Waals surface area contributed by atoms with Gasteiger partial charge < -0.3 is 4.74 Å². The molecule has 0 N–H and O–H groups in total. The molecule has 0 saturated carbocycles. The zero-order chi connectivity index (χ0) is 18.1. The number of ether oxygens (including phenoxy) is 1. The van der Waals surface area contributed by atoms with Crippen molar-refractivity contribution in [3.05, 3.63) is 93.7 Å². The number of carbonyl (C=O) groups excluding carboxylic acids is 1. The van der Waals surface area contributed by atoms with E-state index in [1.165, 1.54) is 6.07 Å². The molecule has 26 heavy (non-hydrogen) atoms. The SMILES string of the molecule is O=C1OC(c2ccccc2)=N/C1=C/c1ccc([N+](=O)[O-])c2ccccc12. The number of benzene rings is 3. The lowest BCUT2D eigenvalue weighted by atomic mass is 10.0. The Morgan fingerprint density at radius 1 is 0.923 bits per heavy atom. The predicted molar refractivity (Wildman–Crippen MR) is 97.7 cm³/mol. The molecule has 0 atom stereocenters. The highest BCUT2D eigenvalue weighted by Crippen LogP contribution is 2.30. The maximum atomic E-state index is 12.2. The Kier molecular flexibility index (Phi) is 3.78. The first-order valence-electron chi connectivity index (χ1n) is 7.87. The van der Waals surface area contributed by atoms with E-state index in [2.05, 4.69) is 4.99 Å². The number of cyclic esters (lactones) is 1. The van der Waals surface area contributed by atoms with Crippen LogP contribution in [0.25, 0.3) is 16.8 Å². The van der Waals surface area contributed by atoms with Crippen molar-refractivity contribution in [1.82, 2.24) is 0 Å². The molecule has 0 fully saturated rings. The van der Waals surface area contributed by atoms with Crippen LogP contribution in [0.2, 0.25) is 0 Å².